The van der Waals surface area contributed by atoms with Crippen LogP contribution in [0.3, 0.4) is 0 Å². The molecule has 0 aromatic heterocycles. The fourth-order valence-corrected chi connectivity index (χ4v) is 2.88. The van der Waals surface area contributed by atoms with Crippen molar-refractivity contribution in [1.82, 2.24) is 5.32 Å². The molecule has 1 aliphatic rings. The molecule has 0 aliphatic carbocycles. The number of aldehydes is 1. The normalized spacial score (nSPS) is 26.5. The lowest BCUT2D eigenvalue weighted by atomic mass is 9.78. The van der Waals surface area contributed by atoms with Crippen LogP contribution in [0.15, 0.2) is 24.3 Å². The van der Waals surface area contributed by atoms with Gasteiger partial charge in [0, 0.05) is 5.56 Å². The van der Waals surface area contributed by atoms with Crippen molar-refractivity contribution in [3.05, 3.63) is 35.6 Å². The number of alkyl halides is 2. The fourth-order valence-electron chi connectivity index (χ4n) is 2.88. The number of halogens is 3. The molecule has 2 unspecified atom stereocenters. The van der Waals surface area contributed by atoms with E-state index in [0.29, 0.717) is 0 Å². The van der Waals surface area contributed by atoms with Crippen molar-refractivity contribution >= 4 is 12.4 Å². The first-order chi connectivity index (χ1) is 11.6. The standard InChI is InChI=1S/C17H20F3NO4/c1-16(2,3)25-15(23)21-17(10-6-4-5-7-12(10)18)9-24-13(14(19)20)11(17)8-22/h4-8,11,13-14H,9H2,1-3H3,(H,21,23)/t11?,13-,17?/m0/s1. The third-order valence-corrected chi connectivity index (χ3v) is 3.90. The van der Waals surface area contributed by atoms with Gasteiger partial charge in [0.05, 0.1) is 12.5 Å². The monoisotopic (exact) mass is 359 g/mol. The maximum absolute atomic E-state index is 14.4. The number of nitrogens with one attached hydrogen (secondary N) is 1. The molecule has 3 atom stereocenters. The molecule has 0 radical (unpaired) electrons. The molecule has 0 bridgehead atoms. The lowest BCUT2D eigenvalue weighted by molar-refractivity contribution is -0.117. The summed E-state index contributed by atoms with van der Waals surface area (Å²) in [6.45, 7) is 4.37. The second-order valence-corrected chi connectivity index (χ2v) is 6.85. The van der Waals surface area contributed by atoms with Crippen molar-refractivity contribution < 1.29 is 32.2 Å². The minimum absolute atomic E-state index is 0.110. The third-order valence-electron chi connectivity index (χ3n) is 3.90. The summed E-state index contributed by atoms with van der Waals surface area (Å²) in [7, 11) is 0. The molecule has 1 amide bonds. The average molecular weight is 359 g/mol. The maximum atomic E-state index is 14.4. The van der Waals surface area contributed by atoms with Gasteiger partial charge in [0.1, 0.15) is 29.3 Å². The van der Waals surface area contributed by atoms with Crippen LogP contribution in [0, 0.1) is 11.7 Å². The molecule has 0 spiro atoms. The largest absolute Gasteiger partial charge is 0.444 e. The second-order valence-electron chi connectivity index (χ2n) is 6.85. The number of carbonyl (C=O) groups is 2. The molecule has 1 aromatic rings. The fraction of sp³-hybridized carbons (Fsp3) is 0.529. The van der Waals surface area contributed by atoms with E-state index in [-0.39, 0.29) is 11.8 Å². The number of benzene rings is 1. The molecule has 2 rings (SSSR count). The maximum Gasteiger partial charge on any atom is 0.408 e. The van der Waals surface area contributed by atoms with Crippen molar-refractivity contribution in [2.75, 3.05) is 6.61 Å². The topological polar surface area (TPSA) is 64.6 Å². The Hall–Kier alpha value is -2.09. The number of ether oxygens (including phenoxy) is 2. The smallest absolute Gasteiger partial charge is 0.408 e. The van der Waals surface area contributed by atoms with Gasteiger partial charge in [0.25, 0.3) is 6.43 Å². The van der Waals surface area contributed by atoms with E-state index in [1.54, 1.807) is 20.8 Å². The van der Waals surface area contributed by atoms with Crippen molar-refractivity contribution in [3.8, 4) is 0 Å². The van der Waals surface area contributed by atoms with Gasteiger partial charge < -0.3 is 19.6 Å². The SMILES string of the molecule is CC(C)(C)OC(=O)NC1(c2ccccc2F)CO[C@H](C(F)F)C1C=O. The molecule has 1 N–H and O–H groups in total. The Bertz CT molecular complexity index is 647. The summed E-state index contributed by atoms with van der Waals surface area (Å²) in [6, 6.07) is 5.33. The van der Waals surface area contributed by atoms with Gasteiger partial charge in [-0.05, 0) is 26.8 Å². The van der Waals surface area contributed by atoms with Gasteiger partial charge in [-0.1, -0.05) is 18.2 Å². The summed E-state index contributed by atoms with van der Waals surface area (Å²) in [5.74, 6) is -2.22. The van der Waals surface area contributed by atoms with Crippen LogP contribution in [-0.2, 0) is 19.8 Å². The summed E-state index contributed by atoms with van der Waals surface area (Å²) < 4.78 is 51.0. The summed E-state index contributed by atoms with van der Waals surface area (Å²) in [5, 5.41) is 2.40. The van der Waals surface area contributed by atoms with E-state index in [1.807, 2.05) is 0 Å². The first kappa shape index (κ1) is 19.2. The number of carbonyl (C=O) groups excluding carboxylic acids is 2. The predicted octanol–water partition coefficient (Wildman–Crippen LogP) is 3.02. The van der Waals surface area contributed by atoms with E-state index in [0.717, 1.165) is 6.07 Å². The lowest BCUT2D eigenvalue weighted by Gasteiger charge is -2.34. The van der Waals surface area contributed by atoms with Crippen LogP contribution in [0.25, 0.3) is 0 Å². The Labute approximate surface area is 143 Å². The molecule has 25 heavy (non-hydrogen) atoms. The van der Waals surface area contributed by atoms with Crippen LogP contribution in [0.2, 0.25) is 0 Å². The van der Waals surface area contributed by atoms with Gasteiger partial charge in [-0.3, -0.25) is 0 Å². The van der Waals surface area contributed by atoms with Crippen LogP contribution < -0.4 is 5.32 Å². The van der Waals surface area contributed by atoms with E-state index >= 15 is 0 Å². The molecule has 1 aliphatic heterocycles. The highest BCUT2D eigenvalue weighted by atomic mass is 19.3. The zero-order valence-electron chi connectivity index (χ0n) is 14.1. The summed E-state index contributed by atoms with van der Waals surface area (Å²) >= 11 is 0. The van der Waals surface area contributed by atoms with Gasteiger partial charge in [0.15, 0.2) is 0 Å². The van der Waals surface area contributed by atoms with Crippen LogP contribution in [0.1, 0.15) is 26.3 Å². The van der Waals surface area contributed by atoms with Gasteiger partial charge in [-0.2, -0.15) is 0 Å². The van der Waals surface area contributed by atoms with Crippen molar-refractivity contribution in [2.24, 2.45) is 5.92 Å². The first-order valence-electron chi connectivity index (χ1n) is 7.72. The second kappa shape index (κ2) is 7.03. The van der Waals surface area contributed by atoms with E-state index in [4.69, 9.17) is 9.47 Å². The Kier molecular flexibility index (Phi) is 5.41. The first-order valence-corrected chi connectivity index (χ1v) is 7.72. The molecule has 5 nitrogen and oxygen atoms in total. The van der Waals surface area contributed by atoms with Gasteiger partial charge in [-0.25, -0.2) is 18.0 Å². The Morgan fingerprint density at radius 2 is 2.04 bits per heavy atom. The highest BCUT2D eigenvalue weighted by Gasteiger charge is 2.56. The molecule has 0 saturated carbocycles. The van der Waals surface area contributed by atoms with Crippen molar-refractivity contribution in [3.63, 3.8) is 0 Å². The summed E-state index contributed by atoms with van der Waals surface area (Å²) in [4.78, 5) is 23.8. The van der Waals surface area contributed by atoms with Crippen molar-refractivity contribution in [1.29, 1.82) is 0 Å². The van der Waals surface area contributed by atoms with Crippen LogP contribution >= 0.6 is 0 Å². The predicted molar refractivity (Wildman–Crippen MR) is 82.7 cm³/mol. The van der Waals surface area contributed by atoms with E-state index < -0.39 is 48.1 Å². The minimum Gasteiger partial charge on any atom is -0.444 e. The molecule has 138 valence electrons. The van der Waals surface area contributed by atoms with Crippen LogP contribution in [-0.4, -0.2) is 37.1 Å². The highest BCUT2D eigenvalue weighted by Crippen LogP contribution is 2.41. The zero-order valence-corrected chi connectivity index (χ0v) is 14.1. The molecule has 1 fully saturated rings. The van der Waals surface area contributed by atoms with Crippen LogP contribution in [0.5, 0.6) is 0 Å². The number of hydrogen-bond donors (Lipinski definition) is 1. The molecule has 1 aromatic carbocycles. The van der Waals surface area contributed by atoms with Crippen molar-refractivity contribution in [2.45, 2.75) is 44.4 Å². The lowest BCUT2D eigenvalue weighted by Crippen LogP contribution is -2.54. The van der Waals surface area contributed by atoms with E-state index in [9.17, 15) is 22.8 Å². The summed E-state index contributed by atoms with van der Waals surface area (Å²) in [6.07, 6.45) is -5.43. The number of amides is 1. The number of rotatable bonds is 4. The molecule has 1 saturated heterocycles. The molecular weight excluding hydrogens is 339 g/mol. The quantitative estimate of drug-likeness (QED) is 0.840. The number of alkyl carbamates (subject to hydrolysis) is 1. The highest BCUT2D eigenvalue weighted by molar-refractivity contribution is 5.72. The number of hydrogen-bond acceptors (Lipinski definition) is 4. The van der Waals surface area contributed by atoms with E-state index in [1.165, 1.54) is 18.2 Å². The average Bonchev–Trinajstić information content (AvgIpc) is 2.84. The molecule has 1 heterocycles. The van der Waals surface area contributed by atoms with Crippen LogP contribution in [0.4, 0.5) is 18.0 Å². The van der Waals surface area contributed by atoms with Gasteiger partial charge >= 0.3 is 6.09 Å². The summed E-state index contributed by atoms with van der Waals surface area (Å²) in [5.41, 5.74) is -2.75. The Morgan fingerprint density at radius 1 is 1.40 bits per heavy atom. The Balaban J connectivity index is 2.48. The zero-order chi connectivity index (χ0) is 18.8. The van der Waals surface area contributed by atoms with Gasteiger partial charge in [0.2, 0.25) is 0 Å². The Morgan fingerprint density at radius 3 is 2.56 bits per heavy atom. The molecular formula is C17H20F3NO4. The van der Waals surface area contributed by atoms with E-state index in [2.05, 4.69) is 5.32 Å². The minimum atomic E-state index is -2.97. The van der Waals surface area contributed by atoms with Gasteiger partial charge in [-0.15, -0.1) is 0 Å². The third kappa shape index (κ3) is 3.95. The molecule has 8 heteroatoms.